The molecule has 1 heteroatoms. The Hall–Kier alpha value is 0.430. The van der Waals surface area contributed by atoms with Crippen molar-refractivity contribution in [1.29, 1.82) is 0 Å². The molecule has 0 heterocycles. The molecule has 0 aliphatic heterocycles. The Balaban J connectivity index is 4.13. The maximum absolute atomic E-state index is 3.21. The van der Waals surface area contributed by atoms with Gasteiger partial charge in [-0.1, -0.05) is 91.9 Å². The molecule has 0 saturated heterocycles. The molecule has 0 fully saturated rings. The second kappa shape index (κ2) is 14.4. The number of unbranched alkanes of at least 4 members (excludes halogenated alkanes) is 6. The molecule has 0 N–H and O–H groups in total. The van der Waals surface area contributed by atoms with Gasteiger partial charge < -0.3 is 0 Å². The zero-order valence-electron chi connectivity index (χ0n) is 14.8. The molecule has 3 atom stereocenters. The van der Waals surface area contributed by atoms with Gasteiger partial charge >= 0.3 is 0 Å². The van der Waals surface area contributed by atoms with Gasteiger partial charge in [-0.25, -0.2) is 0 Å². The van der Waals surface area contributed by atoms with Crippen LogP contribution in [-0.4, -0.2) is 5.66 Å². The molecule has 0 amide bonds. The summed E-state index contributed by atoms with van der Waals surface area (Å²) >= 11 is 0. The van der Waals surface area contributed by atoms with Crippen LogP contribution in [0.2, 0.25) is 0 Å². The van der Waals surface area contributed by atoms with Gasteiger partial charge in [-0.15, -0.1) is 9.24 Å². The first-order chi connectivity index (χ1) is 9.71. The van der Waals surface area contributed by atoms with Crippen molar-refractivity contribution in [2.24, 2.45) is 11.8 Å². The van der Waals surface area contributed by atoms with Crippen LogP contribution in [0, 0.1) is 11.8 Å². The van der Waals surface area contributed by atoms with Gasteiger partial charge in [0.1, 0.15) is 0 Å². The Kier molecular flexibility index (Phi) is 14.7. The first-order valence-corrected chi connectivity index (χ1v) is 10.1. The van der Waals surface area contributed by atoms with E-state index in [4.69, 9.17) is 0 Å². The minimum atomic E-state index is 0.860. The normalized spacial score (nSPS) is 14.7. The standard InChI is InChI=1S/C19H41P/c1-5-9-11-12-14-16-19(20)18(15-13-10-6-2)17(7-3)8-4/h17-19H,5-16,20H2,1-4H3. The number of rotatable bonds is 14. The highest BCUT2D eigenvalue weighted by Crippen LogP contribution is 2.34. The molecule has 0 aromatic heterocycles. The van der Waals surface area contributed by atoms with E-state index in [1.807, 2.05) is 0 Å². The quantitative estimate of drug-likeness (QED) is 0.234. The summed E-state index contributed by atoms with van der Waals surface area (Å²) in [7, 11) is 3.21. The van der Waals surface area contributed by atoms with Crippen molar-refractivity contribution in [3.63, 3.8) is 0 Å². The minimum Gasteiger partial charge on any atom is -0.134 e. The highest BCUT2D eigenvalue weighted by molar-refractivity contribution is 7.17. The van der Waals surface area contributed by atoms with Crippen LogP contribution in [0.1, 0.15) is 105 Å². The zero-order valence-corrected chi connectivity index (χ0v) is 15.9. The third kappa shape index (κ3) is 9.38. The molecular weight excluding hydrogens is 259 g/mol. The molecular formula is C19H41P. The predicted molar refractivity (Wildman–Crippen MR) is 98.6 cm³/mol. The molecule has 0 aliphatic rings. The van der Waals surface area contributed by atoms with Crippen LogP contribution in [0.3, 0.4) is 0 Å². The Morgan fingerprint density at radius 3 is 1.70 bits per heavy atom. The van der Waals surface area contributed by atoms with Crippen molar-refractivity contribution < 1.29 is 0 Å². The van der Waals surface area contributed by atoms with Gasteiger partial charge in [-0.2, -0.15) is 0 Å². The summed E-state index contributed by atoms with van der Waals surface area (Å²) in [6.45, 7) is 9.40. The largest absolute Gasteiger partial charge is 0.134 e. The Labute approximate surface area is 132 Å². The average Bonchev–Trinajstić information content (AvgIpc) is 2.46. The zero-order chi connectivity index (χ0) is 15.2. The first kappa shape index (κ1) is 20.4. The lowest BCUT2D eigenvalue weighted by Gasteiger charge is -2.31. The molecule has 122 valence electrons. The van der Waals surface area contributed by atoms with E-state index in [0.29, 0.717) is 0 Å². The Morgan fingerprint density at radius 2 is 1.15 bits per heavy atom. The highest BCUT2D eigenvalue weighted by Gasteiger charge is 2.23. The van der Waals surface area contributed by atoms with E-state index < -0.39 is 0 Å². The van der Waals surface area contributed by atoms with Gasteiger partial charge in [-0.05, 0) is 30.3 Å². The lowest BCUT2D eigenvalue weighted by Crippen LogP contribution is -2.23. The molecule has 0 aromatic rings. The van der Waals surface area contributed by atoms with Crippen LogP contribution in [0.25, 0.3) is 0 Å². The van der Waals surface area contributed by atoms with E-state index in [9.17, 15) is 0 Å². The van der Waals surface area contributed by atoms with Gasteiger partial charge in [0.05, 0.1) is 0 Å². The molecule has 0 aromatic carbocycles. The lowest BCUT2D eigenvalue weighted by atomic mass is 9.80. The van der Waals surface area contributed by atoms with E-state index in [-0.39, 0.29) is 0 Å². The van der Waals surface area contributed by atoms with Crippen molar-refractivity contribution in [1.82, 2.24) is 0 Å². The Bertz CT molecular complexity index is 186. The summed E-state index contributed by atoms with van der Waals surface area (Å²) in [5.74, 6) is 1.90. The Morgan fingerprint density at radius 1 is 0.650 bits per heavy atom. The van der Waals surface area contributed by atoms with E-state index >= 15 is 0 Å². The second-order valence-electron chi connectivity index (χ2n) is 6.60. The molecule has 3 unspecified atom stereocenters. The monoisotopic (exact) mass is 300 g/mol. The van der Waals surface area contributed by atoms with Crippen molar-refractivity contribution in [2.45, 2.75) is 110 Å². The first-order valence-electron chi connectivity index (χ1n) is 9.46. The molecule has 0 bridgehead atoms. The van der Waals surface area contributed by atoms with Gasteiger partial charge in [0, 0.05) is 0 Å². The minimum absolute atomic E-state index is 0.860. The van der Waals surface area contributed by atoms with Gasteiger partial charge in [0.15, 0.2) is 0 Å². The lowest BCUT2D eigenvalue weighted by molar-refractivity contribution is 0.270. The van der Waals surface area contributed by atoms with E-state index in [0.717, 1.165) is 17.5 Å². The summed E-state index contributed by atoms with van der Waals surface area (Å²) in [4.78, 5) is 0. The molecule has 0 rings (SSSR count). The summed E-state index contributed by atoms with van der Waals surface area (Å²) in [5.41, 5.74) is 0.860. The third-order valence-corrected chi connectivity index (χ3v) is 5.81. The molecule has 0 radical (unpaired) electrons. The maximum atomic E-state index is 3.21. The van der Waals surface area contributed by atoms with Gasteiger partial charge in [0.2, 0.25) is 0 Å². The van der Waals surface area contributed by atoms with E-state index in [2.05, 4.69) is 36.9 Å². The van der Waals surface area contributed by atoms with Gasteiger partial charge in [0.25, 0.3) is 0 Å². The van der Waals surface area contributed by atoms with Crippen molar-refractivity contribution >= 4 is 9.24 Å². The SMILES string of the molecule is CCCCCCCC(P)C(CCCCC)C(CC)CC. The summed E-state index contributed by atoms with van der Waals surface area (Å²) in [5, 5.41) is 0. The topological polar surface area (TPSA) is 0 Å². The number of hydrogen-bond donors (Lipinski definition) is 0. The summed E-state index contributed by atoms with van der Waals surface area (Å²) < 4.78 is 0. The fraction of sp³-hybridized carbons (Fsp3) is 1.00. The van der Waals surface area contributed by atoms with E-state index in [1.54, 1.807) is 0 Å². The van der Waals surface area contributed by atoms with Crippen LogP contribution in [-0.2, 0) is 0 Å². The predicted octanol–water partition coefficient (Wildman–Crippen LogP) is 7.22. The van der Waals surface area contributed by atoms with Crippen molar-refractivity contribution in [3.05, 3.63) is 0 Å². The van der Waals surface area contributed by atoms with Crippen LogP contribution < -0.4 is 0 Å². The highest BCUT2D eigenvalue weighted by atomic mass is 31.0. The van der Waals surface area contributed by atoms with E-state index in [1.165, 1.54) is 77.0 Å². The smallest absolute Gasteiger partial charge is 0.0233 e. The fourth-order valence-electron chi connectivity index (χ4n) is 3.52. The van der Waals surface area contributed by atoms with Crippen LogP contribution >= 0.6 is 9.24 Å². The summed E-state index contributed by atoms with van der Waals surface area (Å²) in [6.07, 6.45) is 17.0. The van der Waals surface area contributed by atoms with Crippen LogP contribution in [0.5, 0.6) is 0 Å². The molecule has 0 saturated carbocycles. The summed E-state index contributed by atoms with van der Waals surface area (Å²) in [6, 6.07) is 0. The number of hydrogen-bond acceptors (Lipinski definition) is 0. The fourth-order valence-corrected chi connectivity index (χ4v) is 4.26. The molecule has 0 nitrogen and oxygen atoms in total. The van der Waals surface area contributed by atoms with Crippen molar-refractivity contribution in [3.8, 4) is 0 Å². The molecule has 0 spiro atoms. The van der Waals surface area contributed by atoms with Crippen molar-refractivity contribution in [2.75, 3.05) is 0 Å². The molecule has 20 heavy (non-hydrogen) atoms. The average molecular weight is 301 g/mol. The maximum Gasteiger partial charge on any atom is -0.0233 e. The third-order valence-electron chi connectivity index (χ3n) is 4.99. The second-order valence-corrected chi connectivity index (χ2v) is 7.46. The molecule has 0 aliphatic carbocycles. The van der Waals surface area contributed by atoms with Crippen LogP contribution in [0.4, 0.5) is 0 Å². The van der Waals surface area contributed by atoms with Gasteiger partial charge in [-0.3, -0.25) is 0 Å². The van der Waals surface area contributed by atoms with Crippen LogP contribution in [0.15, 0.2) is 0 Å².